The number of hydrogen-bond donors (Lipinski definition) is 0. The van der Waals surface area contributed by atoms with Crippen molar-refractivity contribution in [3.63, 3.8) is 0 Å². The third kappa shape index (κ3) is 4.58. The molecule has 1 fully saturated rings. The van der Waals surface area contributed by atoms with E-state index in [9.17, 15) is 4.79 Å². The molecule has 0 bridgehead atoms. The van der Waals surface area contributed by atoms with Gasteiger partial charge in [-0.05, 0) is 74.4 Å². The number of aryl methyl sites for hydroxylation is 2. The lowest BCUT2D eigenvalue weighted by Crippen LogP contribution is -2.28. The number of carbonyl (C=O) groups is 1. The molecule has 2 heterocycles. The quantitative estimate of drug-likeness (QED) is 0.296. The molecule has 0 N–H and O–H groups in total. The van der Waals surface area contributed by atoms with Gasteiger partial charge in [0, 0.05) is 38.0 Å². The zero-order chi connectivity index (χ0) is 22.8. The van der Waals surface area contributed by atoms with Crippen molar-refractivity contribution in [2.75, 3.05) is 0 Å². The van der Waals surface area contributed by atoms with Gasteiger partial charge in [0.1, 0.15) is 18.0 Å². The highest BCUT2D eigenvalue weighted by molar-refractivity contribution is 7.22. The maximum atomic E-state index is 11.9. The average Bonchev–Trinajstić information content (AvgIpc) is 3.36. The molecule has 1 aliphatic carbocycles. The van der Waals surface area contributed by atoms with Gasteiger partial charge in [0.2, 0.25) is 0 Å². The number of nitrogens with zero attached hydrogens (tertiary/aromatic N) is 1. The smallest absolute Gasteiger partial charge is 0.333 e. The number of pyridine rings is 1. The summed E-state index contributed by atoms with van der Waals surface area (Å²) in [6.45, 7) is 11.7. The Morgan fingerprint density at radius 3 is 2.62 bits per heavy atom. The van der Waals surface area contributed by atoms with Crippen molar-refractivity contribution < 1.29 is 14.3 Å². The van der Waals surface area contributed by atoms with Crippen LogP contribution >= 0.6 is 11.3 Å². The maximum absolute atomic E-state index is 11.9. The fourth-order valence-corrected chi connectivity index (χ4v) is 5.43. The SMILES string of the molecule is C=C(C)C(=O)OC1CCC(Oc2ccc3cc(-c4ccc(CC)nc4CC)sc3c2)C1C. The molecule has 2 aromatic heterocycles. The number of esters is 1. The van der Waals surface area contributed by atoms with Gasteiger partial charge < -0.3 is 9.47 Å². The lowest BCUT2D eigenvalue weighted by Gasteiger charge is -2.22. The number of ether oxygens (including phenoxy) is 2. The first-order valence-electron chi connectivity index (χ1n) is 11.5. The van der Waals surface area contributed by atoms with Crippen LogP contribution in [0.5, 0.6) is 5.75 Å². The number of hydrogen-bond acceptors (Lipinski definition) is 5. The van der Waals surface area contributed by atoms with Crippen molar-refractivity contribution in [1.82, 2.24) is 4.98 Å². The molecule has 0 amide bonds. The second-order valence-corrected chi connectivity index (χ2v) is 9.71. The Morgan fingerprint density at radius 2 is 1.91 bits per heavy atom. The number of carbonyl (C=O) groups excluding carboxylic acids is 1. The lowest BCUT2D eigenvalue weighted by atomic mass is 10.1. The molecule has 1 aliphatic rings. The third-order valence-electron chi connectivity index (χ3n) is 6.29. The zero-order valence-electron chi connectivity index (χ0n) is 19.3. The highest BCUT2D eigenvalue weighted by Gasteiger charge is 2.37. The van der Waals surface area contributed by atoms with Gasteiger partial charge in [-0.15, -0.1) is 11.3 Å². The van der Waals surface area contributed by atoms with Crippen LogP contribution in [0.25, 0.3) is 20.5 Å². The van der Waals surface area contributed by atoms with Gasteiger partial charge in [0.25, 0.3) is 0 Å². The fraction of sp³-hybridized carbons (Fsp3) is 0.407. The second-order valence-electron chi connectivity index (χ2n) is 8.63. The first kappa shape index (κ1) is 22.5. The minimum absolute atomic E-state index is 0.0345. The summed E-state index contributed by atoms with van der Waals surface area (Å²) >= 11 is 1.78. The minimum atomic E-state index is -0.317. The van der Waals surface area contributed by atoms with E-state index in [2.05, 4.69) is 57.7 Å². The van der Waals surface area contributed by atoms with Crippen LogP contribution in [-0.4, -0.2) is 23.2 Å². The molecule has 0 spiro atoms. The lowest BCUT2D eigenvalue weighted by molar-refractivity contribution is -0.146. The van der Waals surface area contributed by atoms with E-state index in [1.54, 1.807) is 18.3 Å². The Balaban J connectivity index is 1.52. The largest absolute Gasteiger partial charge is 0.490 e. The van der Waals surface area contributed by atoms with E-state index >= 15 is 0 Å². The normalized spacial score (nSPS) is 20.4. The molecule has 1 saturated carbocycles. The van der Waals surface area contributed by atoms with Crippen LogP contribution < -0.4 is 4.74 Å². The van der Waals surface area contributed by atoms with Gasteiger partial charge in [-0.25, -0.2) is 4.79 Å². The average molecular weight is 450 g/mol. The van der Waals surface area contributed by atoms with Crippen LogP contribution in [0.4, 0.5) is 0 Å². The third-order valence-corrected chi connectivity index (χ3v) is 7.42. The molecule has 4 rings (SSSR count). The zero-order valence-corrected chi connectivity index (χ0v) is 20.1. The number of thiophene rings is 1. The van der Waals surface area contributed by atoms with E-state index in [-0.39, 0.29) is 24.1 Å². The van der Waals surface area contributed by atoms with Crippen molar-refractivity contribution in [2.24, 2.45) is 5.92 Å². The topological polar surface area (TPSA) is 48.4 Å². The molecule has 1 aromatic carbocycles. The first-order chi connectivity index (χ1) is 15.4. The number of benzene rings is 1. The van der Waals surface area contributed by atoms with Gasteiger partial charge in [-0.3, -0.25) is 4.98 Å². The number of aromatic nitrogens is 1. The van der Waals surface area contributed by atoms with E-state index in [0.717, 1.165) is 42.8 Å². The monoisotopic (exact) mass is 449 g/mol. The van der Waals surface area contributed by atoms with Crippen LogP contribution in [-0.2, 0) is 22.4 Å². The van der Waals surface area contributed by atoms with E-state index in [0.29, 0.717) is 5.57 Å². The molecule has 0 radical (unpaired) electrons. The van der Waals surface area contributed by atoms with Crippen molar-refractivity contribution in [3.8, 4) is 16.2 Å². The number of fused-ring (bicyclic) bond motifs is 1. The molecule has 0 aliphatic heterocycles. The predicted molar refractivity (Wildman–Crippen MR) is 131 cm³/mol. The molecule has 0 saturated heterocycles. The summed E-state index contributed by atoms with van der Waals surface area (Å²) in [5.74, 6) is 0.691. The Bertz CT molecular complexity index is 1150. The van der Waals surface area contributed by atoms with Crippen molar-refractivity contribution in [2.45, 2.75) is 65.6 Å². The van der Waals surface area contributed by atoms with Gasteiger partial charge in [0.05, 0.1) is 0 Å². The molecule has 3 unspecified atom stereocenters. The summed E-state index contributed by atoms with van der Waals surface area (Å²) < 4.78 is 13.1. The van der Waals surface area contributed by atoms with Gasteiger partial charge in [0.15, 0.2) is 0 Å². The maximum Gasteiger partial charge on any atom is 0.333 e. The van der Waals surface area contributed by atoms with Gasteiger partial charge in [-0.2, -0.15) is 0 Å². The van der Waals surface area contributed by atoms with E-state index < -0.39 is 0 Å². The summed E-state index contributed by atoms with van der Waals surface area (Å²) in [6, 6.07) is 12.9. The predicted octanol–water partition coefficient (Wildman–Crippen LogP) is 6.75. The van der Waals surface area contributed by atoms with Crippen LogP contribution in [0.2, 0.25) is 0 Å². The Hall–Kier alpha value is -2.66. The summed E-state index contributed by atoms with van der Waals surface area (Å²) in [4.78, 5) is 18.0. The summed E-state index contributed by atoms with van der Waals surface area (Å²) in [7, 11) is 0. The molecule has 168 valence electrons. The summed E-state index contributed by atoms with van der Waals surface area (Å²) in [5.41, 5.74) is 3.95. The molecule has 3 aromatic rings. The molecule has 32 heavy (non-hydrogen) atoms. The van der Waals surface area contributed by atoms with Crippen LogP contribution in [0.1, 0.15) is 51.9 Å². The van der Waals surface area contributed by atoms with Gasteiger partial charge >= 0.3 is 5.97 Å². The summed E-state index contributed by atoms with van der Waals surface area (Å²) in [6.07, 6.45) is 3.48. The molecular weight excluding hydrogens is 418 g/mol. The molecule has 3 atom stereocenters. The van der Waals surface area contributed by atoms with E-state index in [1.165, 1.54) is 20.5 Å². The molecular formula is C27H31NO3S. The second kappa shape index (κ2) is 9.45. The fourth-order valence-electron chi connectivity index (χ4n) is 4.29. The van der Waals surface area contributed by atoms with Crippen molar-refractivity contribution in [1.29, 1.82) is 0 Å². The molecule has 4 nitrogen and oxygen atoms in total. The van der Waals surface area contributed by atoms with Crippen molar-refractivity contribution >= 4 is 27.4 Å². The highest BCUT2D eigenvalue weighted by atomic mass is 32.1. The Labute approximate surface area is 194 Å². The van der Waals surface area contributed by atoms with Crippen molar-refractivity contribution in [3.05, 3.63) is 59.9 Å². The van der Waals surface area contributed by atoms with Crippen LogP contribution in [0.3, 0.4) is 0 Å². The summed E-state index contributed by atoms with van der Waals surface area (Å²) in [5, 5.41) is 1.21. The van der Waals surface area contributed by atoms with Gasteiger partial charge in [-0.1, -0.05) is 27.4 Å². The molecule has 5 heteroatoms. The Morgan fingerprint density at radius 1 is 1.12 bits per heavy atom. The van der Waals surface area contributed by atoms with E-state index in [4.69, 9.17) is 14.5 Å². The standard InChI is InChI=1S/C27H31NO3S/c1-6-19-9-11-21(22(7-2)28-19)26-14-18-8-10-20(15-25(18)32-26)30-23-12-13-24(17(23)5)31-27(29)16(3)4/h8-11,14-15,17,23-24H,3,6-7,12-13H2,1-2,4-5H3. The minimum Gasteiger partial charge on any atom is -0.490 e. The Kier molecular flexibility index (Phi) is 6.66. The van der Waals surface area contributed by atoms with Crippen LogP contribution in [0, 0.1) is 5.92 Å². The number of rotatable bonds is 7. The van der Waals surface area contributed by atoms with Crippen LogP contribution in [0.15, 0.2) is 48.6 Å². The highest BCUT2D eigenvalue weighted by Crippen LogP contribution is 2.38. The first-order valence-corrected chi connectivity index (χ1v) is 12.3. The van der Waals surface area contributed by atoms with E-state index in [1.807, 2.05) is 6.07 Å².